The van der Waals surface area contributed by atoms with Gasteiger partial charge in [-0.05, 0) is 86.9 Å². The number of esters is 1. The molecule has 2 fully saturated rings. The third kappa shape index (κ3) is 7.74. The topological polar surface area (TPSA) is 123 Å². The lowest BCUT2D eigenvalue weighted by atomic mass is 9.79. The molecule has 6 rings (SSSR count). The fraction of sp³-hybridized carbons (Fsp3) is 0.514. The van der Waals surface area contributed by atoms with Crippen molar-refractivity contribution in [2.45, 2.75) is 57.7 Å². The van der Waals surface area contributed by atoms with E-state index in [2.05, 4.69) is 26.9 Å². The van der Waals surface area contributed by atoms with Gasteiger partial charge >= 0.3 is 5.97 Å². The Morgan fingerprint density at radius 2 is 1.83 bits per heavy atom. The first-order valence-electron chi connectivity index (χ1n) is 16.4. The number of nitrogens with two attached hydrogens (primary N) is 1. The normalized spacial score (nSPS) is 21.4. The van der Waals surface area contributed by atoms with E-state index in [1.807, 2.05) is 37.3 Å². The zero-order valence-corrected chi connectivity index (χ0v) is 27.3. The summed E-state index contributed by atoms with van der Waals surface area (Å²) in [6.45, 7) is 7.80. The molecule has 0 spiro atoms. The number of aromatic nitrogens is 2. The Balaban J connectivity index is 0.996. The van der Waals surface area contributed by atoms with Gasteiger partial charge in [-0.25, -0.2) is 4.98 Å². The lowest BCUT2D eigenvalue weighted by Crippen LogP contribution is -2.48. The van der Waals surface area contributed by atoms with Crippen LogP contribution in [0.3, 0.4) is 0 Å². The van der Waals surface area contributed by atoms with E-state index < -0.39 is 5.60 Å². The summed E-state index contributed by atoms with van der Waals surface area (Å²) in [5.74, 6) is 1.80. The van der Waals surface area contributed by atoms with Crippen molar-refractivity contribution in [2.24, 2.45) is 5.92 Å². The smallest absolute Gasteiger partial charge is 0.308 e. The summed E-state index contributed by atoms with van der Waals surface area (Å²) in [5, 5.41) is 11.6. The van der Waals surface area contributed by atoms with Crippen LogP contribution < -0.4 is 15.4 Å². The minimum absolute atomic E-state index is 0.110. The molecule has 0 amide bonds. The molecule has 11 heteroatoms. The SMILES string of the molecule is CCOC(=O)C1CCC(O)(COCCN2CCN(c3nc(N)nc4c3CCc3cc(OCc5ccc(Cl)cc5)ccc3-4)CC2)CC1. The van der Waals surface area contributed by atoms with E-state index in [1.54, 1.807) is 0 Å². The summed E-state index contributed by atoms with van der Waals surface area (Å²) >= 11 is 6.01. The maximum absolute atomic E-state index is 12.0. The molecule has 3 aliphatic rings. The van der Waals surface area contributed by atoms with E-state index in [9.17, 15) is 9.90 Å². The Hall–Kier alpha value is -3.44. The van der Waals surface area contributed by atoms with E-state index in [-0.39, 0.29) is 17.8 Å². The zero-order chi connectivity index (χ0) is 32.1. The molecule has 2 heterocycles. The predicted octanol–water partition coefficient (Wildman–Crippen LogP) is 4.68. The van der Waals surface area contributed by atoms with Crippen LogP contribution in [0.2, 0.25) is 5.02 Å². The van der Waals surface area contributed by atoms with Gasteiger partial charge in [-0.1, -0.05) is 23.7 Å². The third-order valence-electron chi connectivity index (χ3n) is 9.43. The maximum atomic E-state index is 12.0. The quantitative estimate of drug-likeness (QED) is 0.224. The number of ether oxygens (including phenoxy) is 3. The van der Waals surface area contributed by atoms with Crippen molar-refractivity contribution in [3.8, 4) is 17.0 Å². The molecule has 46 heavy (non-hydrogen) atoms. The van der Waals surface area contributed by atoms with Crippen LogP contribution in [0.25, 0.3) is 11.3 Å². The Kier molecular flexibility index (Phi) is 10.3. The summed E-state index contributed by atoms with van der Waals surface area (Å²) in [5.41, 5.74) is 10.8. The minimum Gasteiger partial charge on any atom is -0.489 e. The number of piperazine rings is 1. The molecule has 3 aromatic rings. The number of nitrogens with zero attached hydrogens (tertiary/aromatic N) is 4. The second-order valence-corrected chi connectivity index (χ2v) is 13.0. The molecule has 2 aliphatic carbocycles. The third-order valence-corrected chi connectivity index (χ3v) is 9.68. The van der Waals surface area contributed by atoms with Crippen molar-refractivity contribution < 1.29 is 24.1 Å². The highest BCUT2D eigenvalue weighted by Crippen LogP contribution is 2.39. The van der Waals surface area contributed by atoms with Gasteiger partial charge in [-0.2, -0.15) is 4.98 Å². The number of nitrogen functional groups attached to an aromatic ring is 1. The first-order valence-corrected chi connectivity index (χ1v) is 16.8. The number of aryl methyl sites for hydroxylation is 1. The number of rotatable bonds is 11. The largest absolute Gasteiger partial charge is 0.489 e. The molecule has 246 valence electrons. The molecule has 3 N–H and O–H groups in total. The lowest BCUT2D eigenvalue weighted by Gasteiger charge is -2.37. The van der Waals surface area contributed by atoms with Crippen LogP contribution in [0, 0.1) is 5.92 Å². The molecule has 0 unspecified atom stereocenters. The van der Waals surface area contributed by atoms with Gasteiger partial charge in [0.2, 0.25) is 5.95 Å². The molecule has 1 aromatic heterocycles. The van der Waals surface area contributed by atoms with Gasteiger partial charge in [-0.15, -0.1) is 0 Å². The Bertz CT molecular complexity index is 1500. The van der Waals surface area contributed by atoms with Gasteiger partial charge in [0, 0.05) is 48.9 Å². The van der Waals surface area contributed by atoms with E-state index in [0.29, 0.717) is 57.1 Å². The summed E-state index contributed by atoms with van der Waals surface area (Å²) in [7, 11) is 0. The number of benzene rings is 2. The Morgan fingerprint density at radius 1 is 1.07 bits per heavy atom. The monoisotopic (exact) mass is 649 g/mol. The van der Waals surface area contributed by atoms with Gasteiger partial charge in [0.05, 0.1) is 37.0 Å². The predicted molar refractivity (Wildman–Crippen MR) is 178 cm³/mol. The van der Waals surface area contributed by atoms with Crippen molar-refractivity contribution in [3.63, 3.8) is 0 Å². The Morgan fingerprint density at radius 3 is 2.57 bits per heavy atom. The zero-order valence-electron chi connectivity index (χ0n) is 26.5. The minimum atomic E-state index is -0.863. The van der Waals surface area contributed by atoms with Crippen LogP contribution in [0.1, 0.15) is 49.3 Å². The van der Waals surface area contributed by atoms with Crippen LogP contribution in [0.4, 0.5) is 11.8 Å². The number of halogens is 1. The number of hydrogen-bond donors (Lipinski definition) is 2. The molecule has 0 bridgehead atoms. The highest BCUT2D eigenvalue weighted by Gasteiger charge is 2.36. The standard InChI is InChI=1S/C35H44ClN5O5/c1-2-45-33(42)25-11-13-35(43,14-12-25)23-44-20-19-40-15-17-41(18-16-40)32-30-9-5-26-21-28(46-22-24-3-6-27(36)7-4-24)8-10-29(26)31(30)38-34(37)39-32/h3-4,6-8,10,21,25,43H,2,5,9,11-20,22-23H2,1H3,(H2,37,38,39). The first-order chi connectivity index (χ1) is 22.3. The number of aliphatic hydroxyl groups is 1. The number of carbonyl (C=O) groups is 1. The molecule has 0 radical (unpaired) electrons. The average molecular weight is 650 g/mol. The van der Waals surface area contributed by atoms with Crippen molar-refractivity contribution >= 4 is 29.3 Å². The van der Waals surface area contributed by atoms with Crippen LogP contribution >= 0.6 is 11.6 Å². The van der Waals surface area contributed by atoms with Crippen LogP contribution in [-0.2, 0) is 33.7 Å². The molecule has 0 atom stereocenters. The van der Waals surface area contributed by atoms with Crippen LogP contribution in [-0.4, -0.2) is 84.1 Å². The number of hydrogen-bond acceptors (Lipinski definition) is 10. The molecular formula is C35H44ClN5O5. The summed E-state index contributed by atoms with van der Waals surface area (Å²) in [4.78, 5) is 26.1. The lowest BCUT2D eigenvalue weighted by molar-refractivity contribution is -0.152. The molecule has 1 aliphatic heterocycles. The molecule has 1 saturated heterocycles. The fourth-order valence-corrected chi connectivity index (χ4v) is 6.87. The summed E-state index contributed by atoms with van der Waals surface area (Å²) < 4.78 is 17.2. The highest BCUT2D eigenvalue weighted by molar-refractivity contribution is 6.30. The fourth-order valence-electron chi connectivity index (χ4n) is 6.74. The molecule has 2 aromatic carbocycles. The van der Waals surface area contributed by atoms with Gasteiger partial charge in [0.15, 0.2) is 0 Å². The van der Waals surface area contributed by atoms with Crippen molar-refractivity contribution in [1.29, 1.82) is 0 Å². The van der Waals surface area contributed by atoms with Gasteiger partial charge in [0.1, 0.15) is 18.2 Å². The number of anilines is 2. The summed E-state index contributed by atoms with van der Waals surface area (Å²) in [6.07, 6.45) is 4.13. The maximum Gasteiger partial charge on any atom is 0.308 e. The molecule has 1 saturated carbocycles. The Labute approximate surface area is 275 Å². The van der Waals surface area contributed by atoms with E-state index in [0.717, 1.165) is 79.5 Å². The van der Waals surface area contributed by atoms with E-state index in [1.165, 1.54) is 5.56 Å². The van der Waals surface area contributed by atoms with Crippen molar-refractivity contribution in [1.82, 2.24) is 14.9 Å². The van der Waals surface area contributed by atoms with Crippen LogP contribution in [0.5, 0.6) is 5.75 Å². The van der Waals surface area contributed by atoms with Crippen molar-refractivity contribution in [3.05, 3.63) is 64.2 Å². The summed E-state index contributed by atoms with van der Waals surface area (Å²) in [6, 6.07) is 13.9. The van der Waals surface area contributed by atoms with Gasteiger partial charge in [0.25, 0.3) is 0 Å². The van der Waals surface area contributed by atoms with Crippen molar-refractivity contribution in [2.75, 3.05) is 63.2 Å². The molecule has 10 nitrogen and oxygen atoms in total. The van der Waals surface area contributed by atoms with E-state index >= 15 is 0 Å². The average Bonchev–Trinajstić information content (AvgIpc) is 3.06. The van der Waals surface area contributed by atoms with Gasteiger partial charge in [-0.3, -0.25) is 9.69 Å². The molecular weight excluding hydrogens is 606 g/mol. The number of fused-ring (bicyclic) bond motifs is 3. The van der Waals surface area contributed by atoms with Crippen LogP contribution in [0.15, 0.2) is 42.5 Å². The number of carbonyl (C=O) groups excluding carboxylic acids is 1. The van der Waals surface area contributed by atoms with Gasteiger partial charge < -0.3 is 30.0 Å². The van der Waals surface area contributed by atoms with E-state index in [4.69, 9.17) is 36.5 Å². The highest BCUT2D eigenvalue weighted by atomic mass is 35.5. The first kappa shape index (κ1) is 32.5. The second kappa shape index (κ2) is 14.5. The second-order valence-electron chi connectivity index (χ2n) is 12.6.